The number of methoxy groups -OCH3 is 3. The van der Waals surface area contributed by atoms with Gasteiger partial charge < -0.3 is 19.1 Å². The van der Waals surface area contributed by atoms with Crippen molar-refractivity contribution in [3.63, 3.8) is 0 Å². The molecule has 0 bridgehead atoms. The Morgan fingerprint density at radius 1 is 1.07 bits per heavy atom. The zero-order valence-corrected chi connectivity index (χ0v) is 18.6. The Morgan fingerprint density at radius 2 is 1.67 bits per heavy atom. The lowest BCUT2D eigenvalue weighted by atomic mass is 10.1. The van der Waals surface area contributed by atoms with Crippen molar-refractivity contribution >= 4 is 27.3 Å². The molecule has 0 aromatic heterocycles. The Labute approximate surface area is 181 Å². The first-order valence-corrected chi connectivity index (χ1v) is 11.5. The number of sulfone groups is 1. The summed E-state index contributed by atoms with van der Waals surface area (Å²) in [6.45, 7) is 0.193. The van der Waals surface area contributed by atoms with Crippen molar-refractivity contribution in [2.75, 3.05) is 32.8 Å². The molecule has 2 aromatic rings. The number of carbonyl (C=O) groups excluding carboxylic acids is 1. The summed E-state index contributed by atoms with van der Waals surface area (Å²) in [7, 11) is 1.37. The van der Waals surface area contributed by atoms with E-state index in [0.717, 1.165) is 5.56 Å². The number of halogens is 1. The molecule has 1 fully saturated rings. The quantitative estimate of drug-likeness (QED) is 0.640. The number of nitrogens with zero attached hydrogens (tertiary/aromatic N) is 1. The molecule has 0 spiro atoms. The molecule has 0 unspecified atom stereocenters. The monoisotopic (exact) mass is 453 g/mol. The molecule has 1 saturated heterocycles. The van der Waals surface area contributed by atoms with Crippen molar-refractivity contribution in [1.82, 2.24) is 4.90 Å². The molecule has 2 aromatic carbocycles. The highest BCUT2D eigenvalue weighted by Crippen LogP contribution is 2.39. The molecule has 0 N–H and O–H groups in total. The lowest BCUT2D eigenvalue weighted by Crippen LogP contribution is -2.40. The second-order valence-corrected chi connectivity index (χ2v) is 9.70. The van der Waals surface area contributed by atoms with Gasteiger partial charge in [0.05, 0.1) is 32.8 Å². The third kappa shape index (κ3) is 4.82. The van der Waals surface area contributed by atoms with Gasteiger partial charge >= 0.3 is 0 Å². The Kier molecular flexibility index (Phi) is 6.77. The predicted molar refractivity (Wildman–Crippen MR) is 114 cm³/mol. The van der Waals surface area contributed by atoms with Gasteiger partial charge in [-0.2, -0.15) is 0 Å². The van der Waals surface area contributed by atoms with Crippen LogP contribution in [0, 0.1) is 0 Å². The Morgan fingerprint density at radius 3 is 2.13 bits per heavy atom. The molecule has 0 aliphatic carbocycles. The maximum atomic E-state index is 13.3. The van der Waals surface area contributed by atoms with E-state index in [4.69, 9.17) is 25.8 Å². The van der Waals surface area contributed by atoms with Gasteiger partial charge in [-0.3, -0.25) is 4.79 Å². The lowest BCUT2D eigenvalue weighted by molar-refractivity contribution is 0.0680. The summed E-state index contributed by atoms with van der Waals surface area (Å²) in [5.41, 5.74) is 1.17. The van der Waals surface area contributed by atoms with Crippen molar-refractivity contribution in [2.45, 2.75) is 19.0 Å². The van der Waals surface area contributed by atoms with Gasteiger partial charge in [-0.05, 0) is 48.4 Å². The van der Waals surface area contributed by atoms with E-state index in [1.807, 2.05) is 0 Å². The predicted octanol–water partition coefficient (Wildman–Crippen LogP) is 3.20. The van der Waals surface area contributed by atoms with Crippen LogP contribution in [0.1, 0.15) is 22.3 Å². The van der Waals surface area contributed by atoms with E-state index >= 15 is 0 Å². The Hall–Kier alpha value is -2.45. The maximum absolute atomic E-state index is 13.3. The second-order valence-electron chi connectivity index (χ2n) is 7.03. The average molecular weight is 454 g/mol. The molecule has 1 amide bonds. The van der Waals surface area contributed by atoms with Crippen LogP contribution in [0.2, 0.25) is 5.02 Å². The van der Waals surface area contributed by atoms with Crippen LogP contribution in [-0.4, -0.2) is 58.1 Å². The number of amides is 1. The first-order valence-electron chi connectivity index (χ1n) is 9.34. The van der Waals surface area contributed by atoms with Gasteiger partial charge in [0.2, 0.25) is 5.75 Å². The maximum Gasteiger partial charge on any atom is 0.254 e. The van der Waals surface area contributed by atoms with Crippen LogP contribution in [0.5, 0.6) is 17.2 Å². The number of hydrogen-bond donors (Lipinski definition) is 0. The number of benzene rings is 2. The molecule has 9 heteroatoms. The normalized spacial score (nSPS) is 17.4. The van der Waals surface area contributed by atoms with Crippen LogP contribution < -0.4 is 14.2 Å². The van der Waals surface area contributed by atoms with Gasteiger partial charge in [-0.1, -0.05) is 11.6 Å². The molecule has 3 rings (SSSR count). The standard InChI is InChI=1S/C21H24ClNO6S/c1-27-18-10-14(11-19(28-2)20(18)29-3)12-23(17-8-9-30(25,26)13-17)21(24)15-4-6-16(22)7-5-15/h4-7,10-11,17H,8-9,12-13H2,1-3H3/t17-/m0/s1. The summed E-state index contributed by atoms with van der Waals surface area (Å²) in [6, 6.07) is 9.64. The molecule has 0 saturated carbocycles. The van der Waals surface area contributed by atoms with Gasteiger partial charge in [0.1, 0.15) is 0 Å². The van der Waals surface area contributed by atoms with Gasteiger partial charge in [0.15, 0.2) is 21.3 Å². The minimum atomic E-state index is -3.18. The minimum Gasteiger partial charge on any atom is -0.493 e. The number of rotatable bonds is 7. The van der Waals surface area contributed by atoms with Crippen LogP contribution in [-0.2, 0) is 16.4 Å². The van der Waals surface area contributed by atoms with E-state index in [2.05, 4.69) is 0 Å². The van der Waals surface area contributed by atoms with E-state index < -0.39 is 15.9 Å². The second kappa shape index (κ2) is 9.14. The summed E-state index contributed by atoms with van der Waals surface area (Å²) >= 11 is 5.94. The third-order valence-corrected chi connectivity index (χ3v) is 7.08. The Balaban J connectivity index is 1.99. The fourth-order valence-electron chi connectivity index (χ4n) is 3.57. The highest BCUT2D eigenvalue weighted by atomic mass is 35.5. The fourth-order valence-corrected chi connectivity index (χ4v) is 5.43. The van der Waals surface area contributed by atoms with E-state index in [9.17, 15) is 13.2 Å². The summed E-state index contributed by atoms with van der Waals surface area (Å²) in [4.78, 5) is 14.9. The minimum absolute atomic E-state index is 0.0588. The molecule has 7 nitrogen and oxygen atoms in total. The molecule has 30 heavy (non-hydrogen) atoms. The third-order valence-electron chi connectivity index (χ3n) is 5.08. The summed E-state index contributed by atoms with van der Waals surface area (Å²) in [6.07, 6.45) is 0.395. The van der Waals surface area contributed by atoms with Crippen LogP contribution in [0.4, 0.5) is 0 Å². The van der Waals surface area contributed by atoms with E-state index in [0.29, 0.717) is 34.3 Å². The van der Waals surface area contributed by atoms with Crippen molar-refractivity contribution < 1.29 is 27.4 Å². The molecule has 162 valence electrons. The smallest absolute Gasteiger partial charge is 0.254 e. The van der Waals surface area contributed by atoms with Gasteiger partial charge in [0.25, 0.3) is 5.91 Å². The van der Waals surface area contributed by atoms with Crippen LogP contribution in [0.3, 0.4) is 0 Å². The van der Waals surface area contributed by atoms with Crippen molar-refractivity contribution in [3.8, 4) is 17.2 Å². The summed E-state index contributed by atoms with van der Waals surface area (Å²) < 4.78 is 40.3. The molecule has 1 atom stereocenters. The van der Waals surface area contributed by atoms with Crippen LogP contribution >= 0.6 is 11.6 Å². The average Bonchev–Trinajstić information content (AvgIpc) is 3.10. The largest absolute Gasteiger partial charge is 0.493 e. The first kappa shape index (κ1) is 22.2. The van der Waals surface area contributed by atoms with E-state index in [-0.39, 0.29) is 24.0 Å². The van der Waals surface area contributed by atoms with Crippen molar-refractivity contribution in [3.05, 3.63) is 52.5 Å². The molecular weight excluding hydrogens is 430 g/mol. The number of ether oxygens (including phenoxy) is 3. The fraction of sp³-hybridized carbons (Fsp3) is 0.381. The number of carbonyl (C=O) groups is 1. The van der Waals surface area contributed by atoms with Gasteiger partial charge in [-0.25, -0.2) is 8.42 Å². The zero-order valence-electron chi connectivity index (χ0n) is 17.1. The topological polar surface area (TPSA) is 82.1 Å². The summed E-state index contributed by atoms with van der Waals surface area (Å²) in [5, 5.41) is 0.520. The van der Waals surface area contributed by atoms with Crippen molar-refractivity contribution in [2.24, 2.45) is 0 Å². The SMILES string of the molecule is COc1cc(CN(C(=O)c2ccc(Cl)cc2)[C@H]2CCS(=O)(=O)C2)cc(OC)c1OC. The van der Waals surface area contributed by atoms with Gasteiger partial charge in [0, 0.05) is 23.2 Å². The van der Waals surface area contributed by atoms with Crippen LogP contribution in [0.15, 0.2) is 36.4 Å². The Bertz CT molecular complexity index is 997. The molecule has 1 aliphatic heterocycles. The summed E-state index contributed by atoms with van der Waals surface area (Å²) in [5.74, 6) is 1.12. The zero-order chi connectivity index (χ0) is 21.9. The highest BCUT2D eigenvalue weighted by molar-refractivity contribution is 7.91. The van der Waals surface area contributed by atoms with Crippen molar-refractivity contribution in [1.29, 1.82) is 0 Å². The molecule has 1 heterocycles. The molecule has 1 aliphatic rings. The molecular formula is C21H24ClNO6S. The van der Waals surface area contributed by atoms with Crippen LogP contribution in [0.25, 0.3) is 0 Å². The molecule has 0 radical (unpaired) electrons. The van der Waals surface area contributed by atoms with Gasteiger partial charge in [-0.15, -0.1) is 0 Å². The van der Waals surface area contributed by atoms with E-state index in [1.165, 1.54) is 21.3 Å². The highest BCUT2D eigenvalue weighted by Gasteiger charge is 2.35. The lowest BCUT2D eigenvalue weighted by Gasteiger charge is -2.29. The first-order chi connectivity index (χ1) is 14.3. The van der Waals surface area contributed by atoms with E-state index in [1.54, 1.807) is 41.3 Å². The number of hydrogen-bond acceptors (Lipinski definition) is 6.